The summed E-state index contributed by atoms with van der Waals surface area (Å²) in [6.07, 6.45) is 0. The van der Waals surface area contributed by atoms with Crippen LogP contribution < -0.4 is 17.2 Å². The Bertz CT molecular complexity index is 382. The van der Waals surface area contributed by atoms with Crippen LogP contribution in [-0.4, -0.2) is 11.9 Å². The Morgan fingerprint density at radius 3 is 2.27 bits per heavy atom. The van der Waals surface area contributed by atoms with Gasteiger partial charge in [0.2, 0.25) is 5.96 Å². The third-order valence-electron chi connectivity index (χ3n) is 1.59. The SMILES string of the molecule is Cc1ccccc1N=C(N)N=C(N)N.[Zn]. The molecule has 0 unspecified atom stereocenters. The maximum atomic E-state index is 5.48. The molecule has 0 bridgehead atoms. The van der Waals surface area contributed by atoms with Gasteiger partial charge in [-0.05, 0) is 18.6 Å². The predicted molar refractivity (Wildman–Crippen MR) is 58.3 cm³/mol. The summed E-state index contributed by atoms with van der Waals surface area (Å²) < 4.78 is 0. The summed E-state index contributed by atoms with van der Waals surface area (Å²) in [6.45, 7) is 1.93. The molecular weight excluding hydrogens is 244 g/mol. The number of rotatable bonds is 1. The van der Waals surface area contributed by atoms with Gasteiger partial charge in [-0.3, -0.25) is 0 Å². The summed E-state index contributed by atoms with van der Waals surface area (Å²) >= 11 is 0. The normalized spacial score (nSPS) is 10.3. The first-order valence-electron chi connectivity index (χ1n) is 4.09. The van der Waals surface area contributed by atoms with Crippen molar-refractivity contribution in [2.24, 2.45) is 27.2 Å². The zero-order chi connectivity index (χ0) is 10.6. The smallest absolute Gasteiger partial charge is 0.223 e. The molecule has 1 aromatic carbocycles. The molecule has 1 aromatic rings. The molecule has 0 atom stereocenters. The molecule has 76 valence electrons. The fourth-order valence-corrected chi connectivity index (χ4v) is 0.970. The van der Waals surface area contributed by atoms with Gasteiger partial charge in [-0.25, -0.2) is 4.99 Å². The molecule has 6 heteroatoms. The van der Waals surface area contributed by atoms with Gasteiger partial charge >= 0.3 is 0 Å². The van der Waals surface area contributed by atoms with E-state index in [1.807, 2.05) is 31.2 Å². The quantitative estimate of drug-likeness (QED) is 0.380. The molecule has 0 spiro atoms. The van der Waals surface area contributed by atoms with Crippen LogP contribution in [0.5, 0.6) is 0 Å². The van der Waals surface area contributed by atoms with E-state index in [9.17, 15) is 0 Å². The van der Waals surface area contributed by atoms with Crippen LogP contribution in [0.1, 0.15) is 5.56 Å². The van der Waals surface area contributed by atoms with Crippen LogP contribution in [0.25, 0.3) is 0 Å². The van der Waals surface area contributed by atoms with Gasteiger partial charge in [0.1, 0.15) is 0 Å². The van der Waals surface area contributed by atoms with Crippen LogP contribution in [0.3, 0.4) is 0 Å². The Hall–Kier alpha value is -1.42. The van der Waals surface area contributed by atoms with Gasteiger partial charge < -0.3 is 17.2 Å². The van der Waals surface area contributed by atoms with Gasteiger partial charge in [0.25, 0.3) is 0 Å². The van der Waals surface area contributed by atoms with Crippen molar-refractivity contribution >= 4 is 17.6 Å². The molecule has 0 heterocycles. The van der Waals surface area contributed by atoms with Gasteiger partial charge in [-0.1, -0.05) is 18.2 Å². The molecule has 0 aliphatic heterocycles. The summed E-state index contributed by atoms with van der Waals surface area (Å²) in [5.74, 6) is -0.0425. The predicted octanol–water partition coefficient (Wildman–Crippen LogP) is 0.212. The number of benzene rings is 1. The van der Waals surface area contributed by atoms with Crippen LogP contribution in [-0.2, 0) is 19.5 Å². The summed E-state index contributed by atoms with van der Waals surface area (Å²) in [7, 11) is 0. The van der Waals surface area contributed by atoms with Crippen molar-refractivity contribution in [2.45, 2.75) is 6.92 Å². The average Bonchev–Trinajstić information content (AvgIpc) is 2.07. The molecule has 6 N–H and O–H groups in total. The molecule has 0 amide bonds. The number of guanidine groups is 2. The van der Waals surface area contributed by atoms with Crippen LogP contribution in [0.2, 0.25) is 0 Å². The Morgan fingerprint density at radius 1 is 1.13 bits per heavy atom. The summed E-state index contributed by atoms with van der Waals surface area (Å²) in [6, 6.07) is 7.56. The molecule has 0 aromatic heterocycles. The average molecular weight is 257 g/mol. The van der Waals surface area contributed by atoms with Gasteiger partial charge in [-0.2, -0.15) is 4.99 Å². The van der Waals surface area contributed by atoms with E-state index in [0.717, 1.165) is 11.3 Å². The Kier molecular flexibility index (Phi) is 5.56. The molecule has 5 nitrogen and oxygen atoms in total. The van der Waals surface area contributed by atoms with Gasteiger partial charge in [0, 0.05) is 19.5 Å². The van der Waals surface area contributed by atoms with E-state index in [4.69, 9.17) is 17.2 Å². The molecule has 0 aliphatic carbocycles. The number of hydrogen-bond donors (Lipinski definition) is 3. The van der Waals surface area contributed by atoms with E-state index in [0.29, 0.717) is 0 Å². The number of nitrogens with zero attached hydrogens (tertiary/aromatic N) is 2. The van der Waals surface area contributed by atoms with E-state index in [1.54, 1.807) is 0 Å². The minimum atomic E-state index is -0.0974. The van der Waals surface area contributed by atoms with Crippen molar-refractivity contribution in [1.82, 2.24) is 0 Å². The van der Waals surface area contributed by atoms with Gasteiger partial charge in [-0.15, -0.1) is 0 Å². The molecule has 1 rings (SSSR count). The fraction of sp³-hybridized carbons (Fsp3) is 0.111. The number of nitrogens with two attached hydrogens (primary N) is 3. The van der Waals surface area contributed by atoms with Gasteiger partial charge in [0.05, 0.1) is 5.69 Å². The first-order chi connectivity index (χ1) is 6.59. The monoisotopic (exact) mass is 255 g/mol. The second-order valence-electron chi connectivity index (χ2n) is 2.79. The van der Waals surface area contributed by atoms with E-state index < -0.39 is 0 Å². The third kappa shape index (κ3) is 4.56. The van der Waals surface area contributed by atoms with E-state index in [2.05, 4.69) is 9.98 Å². The molecule has 0 saturated carbocycles. The fourth-order valence-electron chi connectivity index (χ4n) is 0.970. The second kappa shape index (κ2) is 6.14. The molecular formula is C9H13N5Zn. The maximum absolute atomic E-state index is 5.48. The summed E-state index contributed by atoms with van der Waals surface area (Å²) in [5.41, 5.74) is 17.6. The first kappa shape index (κ1) is 13.6. The van der Waals surface area contributed by atoms with Crippen molar-refractivity contribution in [3.05, 3.63) is 29.8 Å². The Morgan fingerprint density at radius 2 is 1.73 bits per heavy atom. The number of para-hydroxylation sites is 1. The van der Waals surface area contributed by atoms with Crippen LogP contribution in [0, 0.1) is 6.92 Å². The number of aliphatic imine (C=N–C) groups is 2. The standard InChI is InChI=1S/C9H13N5.Zn/c1-6-4-2-3-5-7(6)13-9(12)14-8(10)11;/h2-5H,1H3,(H6,10,11,12,13,14);. The van der Waals surface area contributed by atoms with Crippen LogP contribution in [0.15, 0.2) is 34.3 Å². The summed E-state index contributed by atoms with van der Waals surface area (Å²) in [5, 5.41) is 0. The molecule has 0 fully saturated rings. The zero-order valence-electron chi connectivity index (χ0n) is 8.64. The van der Waals surface area contributed by atoms with Gasteiger partial charge in [0.15, 0.2) is 5.96 Å². The van der Waals surface area contributed by atoms with Crippen LogP contribution in [0.4, 0.5) is 5.69 Å². The minimum Gasteiger partial charge on any atom is -0.370 e. The Labute approximate surface area is 101 Å². The molecule has 0 radical (unpaired) electrons. The van der Waals surface area contributed by atoms with E-state index in [1.165, 1.54) is 0 Å². The summed E-state index contributed by atoms with van der Waals surface area (Å²) in [4.78, 5) is 7.66. The number of hydrogen-bond acceptors (Lipinski definition) is 1. The van der Waals surface area contributed by atoms with Crippen LogP contribution >= 0.6 is 0 Å². The van der Waals surface area contributed by atoms with E-state index in [-0.39, 0.29) is 31.4 Å². The third-order valence-corrected chi connectivity index (χ3v) is 1.59. The van der Waals surface area contributed by atoms with Crippen molar-refractivity contribution < 1.29 is 19.5 Å². The topological polar surface area (TPSA) is 103 Å². The van der Waals surface area contributed by atoms with Crippen molar-refractivity contribution in [3.8, 4) is 0 Å². The van der Waals surface area contributed by atoms with Crippen molar-refractivity contribution in [3.63, 3.8) is 0 Å². The first-order valence-corrected chi connectivity index (χ1v) is 4.09. The second-order valence-corrected chi connectivity index (χ2v) is 2.79. The molecule has 15 heavy (non-hydrogen) atoms. The van der Waals surface area contributed by atoms with Crippen molar-refractivity contribution in [2.75, 3.05) is 0 Å². The van der Waals surface area contributed by atoms with Crippen molar-refractivity contribution in [1.29, 1.82) is 0 Å². The molecule has 0 saturated heterocycles. The largest absolute Gasteiger partial charge is 0.370 e. The minimum absolute atomic E-state index is 0. The van der Waals surface area contributed by atoms with E-state index >= 15 is 0 Å². The molecule has 0 aliphatic rings. The number of aryl methyl sites for hydroxylation is 1. The zero-order valence-corrected chi connectivity index (χ0v) is 11.6. The maximum Gasteiger partial charge on any atom is 0.223 e. The Balaban J connectivity index is 0.00000196.